The molecule has 2 aromatic carbocycles. The summed E-state index contributed by atoms with van der Waals surface area (Å²) in [6.45, 7) is 2.38. The maximum Gasteiger partial charge on any atom is 0.311 e. The molecular weight excluding hydrogens is 318 g/mol. The summed E-state index contributed by atoms with van der Waals surface area (Å²) < 4.78 is 5.37. The van der Waals surface area contributed by atoms with E-state index < -0.39 is 4.92 Å². The molecule has 0 bridgehead atoms. The molecule has 0 heterocycles. The average Bonchev–Trinajstić information content (AvgIpc) is 2.55. The maximum atomic E-state index is 11.1. The van der Waals surface area contributed by atoms with E-state index >= 15 is 0 Å². The number of nitrogens with zero attached hydrogens (tertiary/aromatic N) is 2. The number of anilines is 1. The van der Waals surface area contributed by atoms with E-state index in [2.05, 4.69) is 10.5 Å². The van der Waals surface area contributed by atoms with E-state index in [-0.39, 0.29) is 11.4 Å². The van der Waals surface area contributed by atoms with Crippen LogP contribution in [0.15, 0.2) is 47.6 Å². The minimum Gasteiger partial charge on any atom is -0.487 e. The predicted octanol–water partition coefficient (Wildman–Crippen LogP) is 4.48. The molecule has 2 aromatic rings. The lowest BCUT2D eigenvalue weighted by atomic mass is 10.2. The van der Waals surface area contributed by atoms with Crippen molar-refractivity contribution in [3.05, 3.63) is 63.2 Å². The standard InChI is InChI=1S/C16H16ClN3O3/c1-2-9-23-16-8-3-12(10-15(16)20(21)22)11-18-19-14-6-4-13(17)5-7-14/h3-8,10-11,19H,2,9H2,1H3/b18-11+. The van der Waals surface area contributed by atoms with Crippen molar-refractivity contribution >= 4 is 29.2 Å². The number of benzene rings is 2. The Morgan fingerprint density at radius 2 is 2.04 bits per heavy atom. The van der Waals surface area contributed by atoms with Crippen molar-refractivity contribution in [1.82, 2.24) is 0 Å². The lowest BCUT2D eigenvalue weighted by Crippen LogP contribution is -2.00. The number of ether oxygens (including phenoxy) is 1. The largest absolute Gasteiger partial charge is 0.487 e. The molecule has 0 saturated carbocycles. The van der Waals surface area contributed by atoms with Crippen LogP contribution in [0.2, 0.25) is 5.02 Å². The number of nitro groups is 1. The van der Waals surface area contributed by atoms with Gasteiger partial charge in [-0.3, -0.25) is 15.5 Å². The molecule has 0 radical (unpaired) electrons. The second-order valence-corrected chi connectivity index (χ2v) is 5.15. The summed E-state index contributed by atoms with van der Waals surface area (Å²) in [5.41, 5.74) is 4.12. The maximum absolute atomic E-state index is 11.1. The zero-order chi connectivity index (χ0) is 16.7. The zero-order valence-electron chi connectivity index (χ0n) is 12.5. The lowest BCUT2D eigenvalue weighted by molar-refractivity contribution is -0.385. The van der Waals surface area contributed by atoms with Crippen LogP contribution < -0.4 is 10.2 Å². The first-order valence-corrected chi connectivity index (χ1v) is 7.44. The van der Waals surface area contributed by atoms with E-state index in [0.29, 0.717) is 17.2 Å². The summed E-state index contributed by atoms with van der Waals surface area (Å²) in [5, 5.41) is 15.8. The van der Waals surface area contributed by atoms with Gasteiger partial charge in [-0.25, -0.2) is 0 Å². The molecule has 0 fully saturated rings. The summed E-state index contributed by atoms with van der Waals surface area (Å²) in [6, 6.07) is 11.8. The van der Waals surface area contributed by atoms with Gasteiger partial charge in [0.05, 0.1) is 23.4 Å². The number of nitro benzene ring substituents is 1. The average molecular weight is 334 g/mol. The molecule has 2 rings (SSSR count). The number of hydrogen-bond donors (Lipinski definition) is 1. The van der Waals surface area contributed by atoms with Crippen LogP contribution in [0.4, 0.5) is 11.4 Å². The molecule has 0 unspecified atom stereocenters. The first-order chi connectivity index (χ1) is 11.1. The van der Waals surface area contributed by atoms with Crippen molar-refractivity contribution < 1.29 is 9.66 Å². The molecule has 0 saturated heterocycles. The van der Waals surface area contributed by atoms with Gasteiger partial charge in [-0.1, -0.05) is 18.5 Å². The van der Waals surface area contributed by atoms with Crippen LogP contribution in [0.25, 0.3) is 0 Å². The van der Waals surface area contributed by atoms with E-state index in [1.807, 2.05) is 6.92 Å². The van der Waals surface area contributed by atoms with Gasteiger partial charge in [0.2, 0.25) is 0 Å². The second-order valence-electron chi connectivity index (χ2n) is 4.71. The number of rotatable bonds is 7. The van der Waals surface area contributed by atoms with Gasteiger partial charge in [0.1, 0.15) is 0 Å². The smallest absolute Gasteiger partial charge is 0.311 e. The number of halogens is 1. The fourth-order valence-corrected chi connectivity index (χ4v) is 1.92. The van der Waals surface area contributed by atoms with Crippen LogP contribution in [0.3, 0.4) is 0 Å². The highest BCUT2D eigenvalue weighted by molar-refractivity contribution is 6.30. The zero-order valence-corrected chi connectivity index (χ0v) is 13.3. The molecule has 0 aliphatic carbocycles. The van der Waals surface area contributed by atoms with Crippen molar-refractivity contribution in [2.24, 2.45) is 5.10 Å². The highest BCUT2D eigenvalue weighted by Crippen LogP contribution is 2.27. The Morgan fingerprint density at radius 3 is 2.70 bits per heavy atom. The van der Waals surface area contributed by atoms with E-state index in [4.69, 9.17) is 16.3 Å². The van der Waals surface area contributed by atoms with Crippen LogP contribution in [-0.4, -0.2) is 17.7 Å². The van der Waals surface area contributed by atoms with Crippen molar-refractivity contribution in [3.8, 4) is 5.75 Å². The fourth-order valence-electron chi connectivity index (χ4n) is 1.80. The van der Waals surface area contributed by atoms with Gasteiger partial charge < -0.3 is 4.74 Å². The second kappa shape index (κ2) is 8.14. The Labute approximate surface area is 138 Å². The van der Waals surface area contributed by atoms with Gasteiger partial charge >= 0.3 is 5.69 Å². The molecule has 23 heavy (non-hydrogen) atoms. The van der Waals surface area contributed by atoms with Gasteiger partial charge in [-0.2, -0.15) is 5.10 Å². The normalized spacial score (nSPS) is 10.7. The molecule has 0 aromatic heterocycles. The molecule has 0 atom stereocenters. The van der Waals surface area contributed by atoms with E-state index in [9.17, 15) is 10.1 Å². The highest BCUT2D eigenvalue weighted by Gasteiger charge is 2.15. The Kier molecular flexibility index (Phi) is 5.94. The van der Waals surface area contributed by atoms with Crippen LogP contribution >= 0.6 is 11.6 Å². The topological polar surface area (TPSA) is 76.8 Å². The number of hydrogen-bond acceptors (Lipinski definition) is 5. The fraction of sp³-hybridized carbons (Fsp3) is 0.188. The molecule has 120 valence electrons. The Bertz CT molecular complexity index is 702. The number of hydrazone groups is 1. The van der Waals surface area contributed by atoms with E-state index in [0.717, 1.165) is 12.1 Å². The summed E-state index contributed by atoms with van der Waals surface area (Å²) >= 11 is 5.80. The van der Waals surface area contributed by atoms with Gasteiger partial charge in [0.25, 0.3) is 0 Å². The predicted molar refractivity (Wildman–Crippen MR) is 91.6 cm³/mol. The third kappa shape index (κ3) is 4.96. The first-order valence-electron chi connectivity index (χ1n) is 7.06. The van der Waals surface area contributed by atoms with Gasteiger partial charge in [-0.05, 0) is 42.8 Å². The minimum atomic E-state index is -0.463. The minimum absolute atomic E-state index is 0.0751. The van der Waals surface area contributed by atoms with Gasteiger partial charge in [0, 0.05) is 16.7 Å². The molecule has 0 aliphatic heterocycles. The molecule has 0 aliphatic rings. The van der Waals surface area contributed by atoms with Crippen LogP contribution in [0, 0.1) is 10.1 Å². The quantitative estimate of drug-likeness (QED) is 0.460. The SMILES string of the molecule is CCCOc1ccc(/C=N/Nc2ccc(Cl)cc2)cc1[N+](=O)[O-]. The molecule has 6 nitrogen and oxygen atoms in total. The van der Waals surface area contributed by atoms with Crippen molar-refractivity contribution in [3.63, 3.8) is 0 Å². The van der Waals surface area contributed by atoms with Crippen LogP contribution in [0.5, 0.6) is 5.75 Å². The first kappa shape index (κ1) is 16.8. The highest BCUT2D eigenvalue weighted by atomic mass is 35.5. The lowest BCUT2D eigenvalue weighted by Gasteiger charge is -2.05. The van der Waals surface area contributed by atoms with Crippen LogP contribution in [0.1, 0.15) is 18.9 Å². The Morgan fingerprint density at radius 1 is 1.30 bits per heavy atom. The van der Waals surface area contributed by atoms with Gasteiger partial charge in [-0.15, -0.1) is 0 Å². The number of nitrogens with one attached hydrogen (secondary N) is 1. The summed E-state index contributed by atoms with van der Waals surface area (Å²) in [7, 11) is 0. The summed E-state index contributed by atoms with van der Waals surface area (Å²) in [6.07, 6.45) is 2.29. The molecule has 0 spiro atoms. The van der Waals surface area contributed by atoms with Crippen LogP contribution in [-0.2, 0) is 0 Å². The third-order valence-corrected chi connectivity index (χ3v) is 3.14. The molecule has 0 amide bonds. The third-order valence-electron chi connectivity index (χ3n) is 2.89. The Balaban J connectivity index is 2.10. The summed E-state index contributed by atoms with van der Waals surface area (Å²) in [4.78, 5) is 10.7. The molecule has 7 heteroatoms. The molecule has 1 N–H and O–H groups in total. The van der Waals surface area contributed by atoms with Gasteiger partial charge in [0.15, 0.2) is 5.75 Å². The van der Waals surface area contributed by atoms with Crippen molar-refractivity contribution in [2.75, 3.05) is 12.0 Å². The van der Waals surface area contributed by atoms with Crippen molar-refractivity contribution in [2.45, 2.75) is 13.3 Å². The van der Waals surface area contributed by atoms with Crippen molar-refractivity contribution in [1.29, 1.82) is 0 Å². The van der Waals surface area contributed by atoms with E-state index in [1.54, 1.807) is 36.4 Å². The monoisotopic (exact) mass is 333 g/mol. The molecular formula is C16H16ClN3O3. The Hall–Kier alpha value is -2.60. The van der Waals surface area contributed by atoms with E-state index in [1.165, 1.54) is 12.3 Å². The summed E-state index contributed by atoms with van der Waals surface area (Å²) in [5.74, 6) is 0.264.